The number of rotatable bonds is 9. The average molecular weight is 560 g/mol. The lowest BCUT2D eigenvalue weighted by atomic mass is 9.98. The van der Waals surface area contributed by atoms with Gasteiger partial charge in [0.25, 0.3) is 0 Å². The number of carbonyl (C=O) groups is 1. The highest BCUT2D eigenvalue weighted by molar-refractivity contribution is 7.52. The predicted molar refractivity (Wildman–Crippen MR) is 129 cm³/mol. The molecule has 1 aromatic carbocycles. The number of alkyl halides is 1. The van der Waals surface area contributed by atoms with Gasteiger partial charge in [0.15, 0.2) is 23.4 Å². The predicted octanol–water partition coefficient (Wildman–Crippen LogP) is 1.90. The summed E-state index contributed by atoms with van der Waals surface area (Å²) in [6.45, 7) is 1.67. The van der Waals surface area contributed by atoms with Crippen LogP contribution in [0.5, 0.6) is 5.75 Å². The minimum absolute atomic E-state index is 0.0286. The van der Waals surface area contributed by atoms with Gasteiger partial charge < -0.3 is 30.9 Å². The molecule has 14 nitrogen and oxygen atoms in total. The molecule has 0 spiro atoms. The lowest BCUT2D eigenvalue weighted by Crippen LogP contribution is -2.41. The van der Waals surface area contributed by atoms with Crippen molar-refractivity contribution in [3.8, 4) is 5.75 Å². The summed E-state index contributed by atoms with van der Waals surface area (Å²) in [4.78, 5) is 23.2. The minimum atomic E-state index is -4.38. The van der Waals surface area contributed by atoms with Crippen molar-refractivity contribution in [1.29, 1.82) is 0 Å². The van der Waals surface area contributed by atoms with Gasteiger partial charge in [0.05, 0.1) is 12.9 Å². The first kappa shape index (κ1) is 27.0. The fourth-order valence-electron chi connectivity index (χ4n) is 3.67. The van der Waals surface area contributed by atoms with Crippen molar-refractivity contribution in [3.05, 3.63) is 35.6 Å². The van der Waals surface area contributed by atoms with E-state index < -0.39 is 50.5 Å². The SMILES string of the molecule is C[C@H](NP(=O)(OC[C@H]1O[C@@H](n2cnc3c(N)nc(N)nc32)[C@](C)(F)[C@@H]1O)Oc1ccc(Cl)cc1)C(=O)O. The standard InChI is InChI=1S/C20H24ClFN7O7P/c1-9(17(31)32)28-37(33,36-11-5-3-10(21)4-6-11)34-7-12-14(30)20(2,22)18(35-12)29-8-25-13-15(23)26-19(24)27-16(13)29/h3-6,8-9,12,14,18,30H,7H2,1-2H3,(H,28,33)(H,31,32)(H4,23,24,26,27)/t9-,12+,14+,18+,20+,37?/m0/s1. The summed E-state index contributed by atoms with van der Waals surface area (Å²) in [6.07, 6.45) is -3.39. The number of nitrogens with two attached hydrogens (primary N) is 2. The lowest BCUT2D eigenvalue weighted by Gasteiger charge is -2.25. The van der Waals surface area contributed by atoms with Crippen LogP contribution >= 0.6 is 19.3 Å². The fraction of sp³-hybridized carbons (Fsp3) is 0.400. The van der Waals surface area contributed by atoms with E-state index in [4.69, 9.17) is 36.9 Å². The molecule has 0 aliphatic carbocycles. The second-order valence-electron chi connectivity index (χ2n) is 8.44. The molecule has 4 rings (SSSR count). The number of aromatic nitrogens is 4. The Morgan fingerprint density at radius 2 is 2.05 bits per heavy atom. The first-order valence-electron chi connectivity index (χ1n) is 10.8. The Kier molecular flexibility index (Phi) is 7.29. The molecule has 200 valence electrons. The number of hydrogen-bond acceptors (Lipinski definition) is 11. The van der Waals surface area contributed by atoms with Gasteiger partial charge in [0.1, 0.15) is 29.5 Å². The third-order valence-corrected chi connectivity index (χ3v) is 7.50. The molecule has 7 N–H and O–H groups in total. The van der Waals surface area contributed by atoms with E-state index in [1.807, 2.05) is 0 Å². The number of nitrogens with zero attached hydrogens (tertiary/aromatic N) is 4. The molecule has 6 atom stereocenters. The van der Waals surface area contributed by atoms with Crippen LogP contribution in [-0.4, -0.2) is 66.2 Å². The maximum absolute atomic E-state index is 15.7. The van der Waals surface area contributed by atoms with E-state index in [-0.39, 0.29) is 28.7 Å². The Balaban J connectivity index is 1.57. The third-order valence-electron chi connectivity index (χ3n) is 5.61. The van der Waals surface area contributed by atoms with Gasteiger partial charge in [-0.2, -0.15) is 15.1 Å². The van der Waals surface area contributed by atoms with Gasteiger partial charge in [-0.15, -0.1) is 0 Å². The van der Waals surface area contributed by atoms with Crippen LogP contribution in [0.3, 0.4) is 0 Å². The molecule has 0 radical (unpaired) electrons. The maximum Gasteiger partial charge on any atom is 0.459 e. The number of nitrogens with one attached hydrogen (secondary N) is 1. The van der Waals surface area contributed by atoms with Gasteiger partial charge in [-0.25, -0.2) is 13.9 Å². The number of hydrogen-bond donors (Lipinski definition) is 5. The quantitative estimate of drug-likeness (QED) is 0.237. The van der Waals surface area contributed by atoms with Crippen molar-refractivity contribution >= 4 is 48.2 Å². The number of imidazole rings is 1. The van der Waals surface area contributed by atoms with Crippen LogP contribution in [0.4, 0.5) is 16.2 Å². The van der Waals surface area contributed by atoms with Crippen molar-refractivity contribution in [2.24, 2.45) is 0 Å². The van der Waals surface area contributed by atoms with Crippen molar-refractivity contribution in [2.75, 3.05) is 18.1 Å². The molecule has 17 heteroatoms. The van der Waals surface area contributed by atoms with E-state index >= 15 is 4.39 Å². The molecule has 1 aliphatic heterocycles. The number of fused-ring (bicyclic) bond motifs is 1. The number of anilines is 2. The molecule has 0 saturated carbocycles. The summed E-state index contributed by atoms with van der Waals surface area (Å²) in [5, 5.41) is 22.6. The second-order valence-corrected chi connectivity index (χ2v) is 10.6. The average Bonchev–Trinajstić information content (AvgIpc) is 3.32. The van der Waals surface area contributed by atoms with E-state index in [0.717, 1.165) is 6.92 Å². The Morgan fingerprint density at radius 3 is 2.70 bits per heavy atom. The maximum atomic E-state index is 15.7. The smallest absolute Gasteiger partial charge is 0.459 e. The minimum Gasteiger partial charge on any atom is -0.480 e. The van der Waals surface area contributed by atoms with E-state index in [1.54, 1.807) is 0 Å². The van der Waals surface area contributed by atoms with E-state index in [0.29, 0.717) is 5.02 Å². The first-order chi connectivity index (χ1) is 17.3. The molecule has 1 aliphatic rings. The van der Waals surface area contributed by atoms with Gasteiger partial charge in [0, 0.05) is 5.02 Å². The summed E-state index contributed by atoms with van der Waals surface area (Å²) < 4.78 is 46.9. The molecule has 3 aromatic rings. The molecule has 3 heterocycles. The highest BCUT2D eigenvalue weighted by atomic mass is 35.5. The zero-order valence-corrected chi connectivity index (χ0v) is 21.1. The van der Waals surface area contributed by atoms with Crippen LogP contribution < -0.4 is 21.1 Å². The zero-order valence-electron chi connectivity index (χ0n) is 19.5. The van der Waals surface area contributed by atoms with Crippen molar-refractivity contribution in [2.45, 2.75) is 44.0 Å². The number of nitrogen functional groups attached to an aromatic ring is 2. The van der Waals surface area contributed by atoms with E-state index in [2.05, 4.69) is 20.0 Å². The summed E-state index contributed by atoms with van der Waals surface area (Å²) in [7, 11) is -4.38. The van der Waals surface area contributed by atoms with Gasteiger partial charge in [-0.05, 0) is 38.1 Å². The van der Waals surface area contributed by atoms with Crippen molar-refractivity contribution in [3.63, 3.8) is 0 Å². The Labute approximate surface area is 214 Å². The topological polar surface area (TPSA) is 210 Å². The van der Waals surface area contributed by atoms with Gasteiger partial charge in [0.2, 0.25) is 5.95 Å². The van der Waals surface area contributed by atoms with Gasteiger partial charge >= 0.3 is 13.7 Å². The second kappa shape index (κ2) is 10.0. The first-order valence-corrected chi connectivity index (χ1v) is 12.7. The van der Waals surface area contributed by atoms with Gasteiger partial charge in [-0.3, -0.25) is 13.9 Å². The van der Waals surface area contributed by atoms with Crippen LogP contribution in [0.1, 0.15) is 20.1 Å². The Bertz CT molecular complexity index is 1360. The summed E-state index contributed by atoms with van der Waals surface area (Å²) in [5.41, 5.74) is 9.28. The van der Waals surface area contributed by atoms with Crippen LogP contribution in [-0.2, 0) is 18.6 Å². The zero-order chi connectivity index (χ0) is 27.1. The highest BCUT2D eigenvalue weighted by Crippen LogP contribution is 2.48. The number of carboxylic acids is 1. The Morgan fingerprint density at radius 1 is 1.38 bits per heavy atom. The summed E-state index contributed by atoms with van der Waals surface area (Å²) in [6, 6.07) is 4.36. The number of aliphatic carboxylic acids is 1. The Hall–Kier alpha value is -3.07. The number of aliphatic hydroxyl groups is 1. The van der Waals surface area contributed by atoms with Crippen molar-refractivity contribution < 1.29 is 37.7 Å². The molecule has 1 unspecified atom stereocenters. The number of carboxylic acid groups (broad SMARTS) is 1. The molecule has 1 saturated heterocycles. The summed E-state index contributed by atoms with van der Waals surface area (Å²) in [5.74, 6) is -1.48. The molecule has 2 aromatic heterocycles. The normalized spacial score (nSPS) is 26.1. The number of ether oxygens (including phenoxy) is 1. The molecule has 0 bridgehead atoms. The monoisotopic (exact) mass is 559 g/mol. The molecular formula is C20H24ClFN7O7P. The fourth-order valence-corrected chi connectivity index (χ4v) is 5.30. The largest absolute Gasteiger partial charge is 0.480 e. The van der Waals surface area contributed by atoms with Gasteiger partial charge in [-0.1, -0.05) is 11.6 Å². The molecule has 1 fully saturated rings. The van der Waals surface area contributed by atoms with Crippen LogP contribution in [0.2, 0.25) is 5.02 Å². The van der Waals surface area contributed by atoms with E-state index in [9.17, 15) is 19.6 Å². The molecular weight excluding hydrogens is 536 g/mol. The number of benzene rings is 1. The molecule has 0 amide bonds. The highest BCUT2D eigenvalue weighted by Gasteiger charge is 2.56. The summed E-state index contributed by atoms with van der Waals surface area (Å²) >= 11 is 5.85. The lowest BCUT2D eigenvalue weighted by molar-refractivity contribution is -0.138. The van der Waals surface area contributed by atoms with Crippen LogP contribution in [0.25, 0.3) is 11.2 Å². The molecule has 37 heavy (non-hydrogen) atoms. The van der Waals surface area contributed by atoms with Crippen molar-refractivity contribution in [1.82, 2.24) is 24.6 Å². The number of aliphatic hydroxyl groups excluding tert-OH is 1. The van der Waals surface area contributed by atoms with E-state index in [1.165, 1.54) is 42.1 Å². The van der Waals surface area contributed by atoms with Crippen LogP contribution in [0, 0.1) is 0 Å². The number of halogens is 2. The third kappa shape index (κ3) is 5.46. The van der Waals surface area contributed by atoms with Crippen LogP contribution in [0.15, 0.2) is 30.6 Å².